The Kier molecular flexibility index (Phi) is 5.51. The van der Waals surface area contributed by atoms with Crippen LogP contribution in [0.1, 0.15) is 11.3 Å². The highest BCUT2D eigenvalue weighted by Crippen LogP contribution is 2.28. The fraction of sp³-hybridized carbons (Fsp3) is 0.231. The van der Waals surface area contributed by atoms with Gasteiger partial charge in [0.05, 0.1) is 0 Å². The quantitative estimate of drug-likeness (QED) is 0.416. The van der Waals surface area contributed by atoms with Gasteiger partial charge in [-0.25, -0.2) is 9.97 Å². The van der Waals surface area contributed by atoms with E-state index in [2.05, 4.69) is 32.0 Å². The van der Waals surface area contributed by atoms with Crippen molar-refractivity contribution in [1.29, 1.82) is 0 Å². The Morgan fingerprint density at radius 1 is 1.21 bits per heavy atom. The van der Waals surface area contributed by atoms with Crippen molar-refractivity contribution in [1.82, 2.24) is 9.97 Å². The summed E-state index contributed by atoms with van der Waals surface area (Å²) in [4.78, 5) is 9.32. The molecule has 2 rings (SSSR count). The lowest BCUT2D eigenvalue weighted by molar-refractivity contribution is 1.00. The number of aryl methyl sites for hydroxylation is 1. The third kappa shape index (κ3) is 4.09. The smallest absolute Gasteiger partial charge is 0.223 e. The second-order valence-electron chi connectivity index (χ2n) is 3.88. The minimum Gasteiger partial charge on any atom is -0.223 e. The number of hydrogen-bond acceptors (Lipinski definition) is 3. The van der Waals surface area contributed by atoms with E-state index < -0.39 is 0 Å². The molecule has 0 fully saturated rings. The molecule has 1 heterocycles. The Balaban J connectivity index is 2.02. The van der Waals surface area contributed by atoms with Crippen LogP contribution in [0.25, 0.3) is 0 Å². The lowest BCUT2D eigenvalue weighted by atomic mass is 10.2. The first-order valence-corrected chi connectivity index (χ1v) is 8.17. The van der Waals surface area contributed by atoms with Crippen molar-refractivity contribution < 1.29 is 0 Å². The van der Waals surface area contributed by atoms with Crippen LogP contribution >= 0.6 is 50.9 Å². The highest BCUT2D eigenvalue weighted by Gasteiger charge is 2.09. The van der Waals surface area contributed by atoms with Crippen molar-refractivity contribution in [3.8, 4) is 0 Å². The molecule has 0 saturated heterocycles. The maximum atomic E-state index is 6.09. The molecule has 2 nitrogen and oxygen atoms in total. The van der Waals surface area contributed by atoms with Crippen LogP contribution in [0.2, 0.25) is 10.4 Å². The lowest BCUT2D eigenvalue weighted by Gasteiger charge is -2.08. The SMILES string of the molecule is Cc1nc(Cl)nc(Cl)c1CCSc1ccccc1Br. The number of halogens is 3. The van der Waals surface area contributed by atoms with Gasteiger partial charge < -0.3 is 0 Å². The number of aromatic nitrogens is 2. The Labute approximate surface area is 135 Å². The largest absolute Gasteiger partial charge is 0.224 e. The number of thioether (sulfide) groups is 1. The fourth-order valence-corrected chi connectivity index (χ4v) is 3.74. The van der Waals surface area contributed by atoms with Crippen molar-refractivity contribution in [3.63, 3.8) is 0 Å². The normalized spacial score (nSPS) is 10.7. The van der Waals surface area contributed by atoms with Crippen LogP contribution in [-0.4, -0.2) is 15.7 Å². The maximum Gasteiger partial charge on any atom is 0.224 e. The summed E-state index contributed by atoms with van der Waals surface area (Å²) in [6.07, 6.45) is 0.813. The summed E-state index contributed by atoms with van der Waals surface area (Å²) < 4.78 is 1.11. The third-order valence-electron chi connectivity index (χ3n) is 2.58. The molecule has 0 aliphatic rings. The number of benzene rings is 1. The van der Waals surface area contributed by atoms with Gasteiger partial charge in [0, 0.05) is 26.4 Å². The summed E-state index contributed by atoms with van der Waals surface area (Å²) in [6, 6.07) is 8.15. The highest BCUT2D eigenvalue weighted by atomic mass is 79.9. The Bertz CT molecular complexity index is 570. The number of nitrogens with zero attached hydrogens (tertiary/aromatic N) is 2. The molecule has 19 heavy (non-hydrogen) atoms. The molecule has 0 unspecified atom stereocenters. The van der Waals surface area contributed by atoms with Gasteiger partial charge in [-0.3, -0.25) is 0 Å². The molecule has 0 N–H and O–H groups in total. The van der Waals surface area contributed by atoms with Crippen molar-refractivity contribution in [2.75, 3.05) is 5.75 Å². The monoisotopic (exact) mass is 376 g/mol. The maximum absolute atomic E-state index is 6.09. The zero-order chi connectivity index (χ0) is 13.8. The van der Waals surface area contributed by atoms with Gasteiger partial charge in [-0.15, -0.1) is 11.8 Å². The van der Waals surface area contributed by atoms with E-state index in [1.54, 1.807) is 11.8 Å². The summed E-state index contributed by atoms with van der Waals surface area (Å²) in [5.74, 6) is 0.911. The van der Waals surface area contributed by atoms with Gasteiger partial charge in [0.25, 0.3) is 0 Å². The molecule has 0 spiro atoms. The summed E-state index contributed by atoms with van der Waals surface area (Å²) in [5.41, 5.74) is 1.81. The van der Waals surface area contributed by atoms with E-state index in [0.717, 1.165) is 27.9 Å². The van der Waals surface area contributed by atoms with Gasteiger partial charge in [-0.2, -0.15) is 0 Å². The average molecular weight is 378 g/mol. The first-order chi connectivity index (χ1) is 9.08. The van der Waals surface area contributed by atoms with Crippen molar-refractivity contribution in [3.05, 3.63) is 50.4 Å². The summed E-state index contributed by atoms with van der Waals surface area (Å²) in [7, 11) is 0. The predicted molar refractivity (Wildman–Crippen MR) is 85.4 cm³/mol. The van der Waals surface area contributed by atoms with Crippen LogP contribution in [0.4, 0.5) is 0 Å². The standard InChI is InChI=1S/C13H11BrCl2N2S/c1-8-9(12(15)18-13(16)17-8)6-7-19-11-5-3-2-4-10(11)14/h2-5H,6-7H2,1H3. The van der Waals surface area contributed by atoms with Gasteiger partial charge in [-0.05, 0) is 53.0 Å². The van der Waals surface area contributed by atoms with E-state index in [1.165, 1.54) is 4.90 Å². The molecule has 0 bridgehead atoms. The minimum absolute atomic E-state index is 0.199. The van der Waals surface area contributed by atoms with Crippen molar-refractivity contribution in [2.24, 2.45) is 0 Å². The molecule has 0 atom stereocenters. The van der Waals surface area contributed by atoms with Crippen LogP contribution in [0, 0.1) is 6.92 Å². The first kappa shape index (κ1) is 15.1. The van der Waals surface area contributed by atoms with Crippen molar-refractivity contribution >= 4 is 50.9 Å². The lowest BCUT2D eigenvalue weighted by Crippen LogP contribution is -1.99. The summed E-state index contributed by atoms with van der Waals surface area (Å²) >= 11 is 17.2. The predicted octanol–water partition coefficient (Wildman–Crippen LogP) is 5.19. The second kappa shape index (κ2) is 6.93. The molecular formula is C13H11BrCl2N2S. The van der Waals surface area contributed by atoms with Gasteiger partial charge >= 0.3 is 0 Å². The van der Waals surface area contributed by atoms with Crippen LogP contribution in [0.3, 0.4) is 0 Å². The van der Waals surface area contributed by atoms with Gasteiger partial charge in [0.1, 0.15) is 5.15 Å². The highest BCUT2D eigenvalue weighted by molar-refractivity contribution is 9.10. The third-order valence-corrected chi connectivity index (χ3v) is 5.09. The summed E-state index contributed by atoms with van der Waals surface area (Å²) in [6.45, 7) is 1.90. The minimum atomic E-state index is 0.199. The molecule has 1 aromatic carbocycles. The molecule has 2 aromatic rings. The zero-order valence-electron chi connectivity index (χ0n) is 10.2. The summed E-state index contributed by atoms with van der Waals surface area (Å²) in [5, 5.41) is 0.648. The second-order valence-corrected chi connectivity index (χ2v) is 6.56. The fourth-order valence-electron chi connectivity index (χ4n) is 1.64. The van der Waals surface area contributed by atoms with Gasteiger partial charge in [0.2, 0.25) is 5.28 Å². The molecule has 0 aliphatic heterocycles. The Morgan fingerprint density at radius 2 is 1.95 bits per heavy atom. The first-order valence-electron chi connectivity index (χ1n) is 5.64. The topological polar surface area (TPSA) is 25.8 Å². The molecule has 6 heteroatoms. The van der Waals surface area contributed by atoms with Gasteiger partial charge in [0.15, 0.2) is 0 Å². The molecule has 0 aliphatic carbocycles. The number of rotatable bonds is 4. The van der Waals surface area contributed by atoms with E-state index in [0.29, 0.717) is 5.15 Å². The van der Waals surface area contributed by atoms with Gasteiger partial charge in [-0.1, -0.05) is 23.7 Å². The van der Waals surface area contributed by atoms with E-state index >= 15 is 0 Å². The average Bonchev–Trinajstić information content (AvgIpc) is 2.34. The molecule has 0 radical (unpaired) electrons. The van der Waals surface area contributed by atoms with Crippen LogP contribution in [0.5, 0.6) is 0 Å². The van der Waals surface area contributed by atoms with Crippen molar-refractivity contribution in [2.45, 2.75) is 18.2 Å². The molecule has 100 valence electrons. The molecule has 1 aromatic heterocycles. The van der Waals surface area contributed by atoms with E-state index in [9.17, 15) is 0 Å². The van der Waals surface area contributed by atoms with Crippen LogP contribution < -0.4 is 0 Å². The van der Waals surface area contributed by atoms with E-state index in [-0.39, 0.29) is 5.28 Å². The van der Waals surface area contributed by atoms with Crippen LogP contribution in [0.15, 0.2) is 33.6 Å². The van der Waals surface area contributed by atoms with Crippen LogP contribution in [-0.2, 0) is 6.42 Å². The number of hydrogen-bond donors (Lipinski definition) is 0. The Morgan fingerprint density at radius 3 is 2.63 bits per heavy atom. The van der Waals surface area contributed by atoms with E-state index in [4.69, 9.17) is 23.2 Å². The molecular weight excluding hydrogens is 367 g/mol. The molecule has 0 amide bonds. The molecule has 0 saturated carbocycles. The van der Waals surface area contributed by atoms with E-state index in [1.807, 2.05) is 25.1 Å². The Hall–Kier alpha value is -0.290. The zero-order valence-corrected chi connectivity index (χ0v) is 14.1.